The summed E-state index contributed by atoms with van der Waals surface area (Å²) in [4.78, 5) is 3.82. The van der Waals surface area contributed by atoms with Crippen LogP contribution < -0.4 is 4.74 Å². The number of phenols is 1. The summed E-state index contributed by atoms with van der Waals surface area (Å²) in [5.74, 6) is 1.08. The van der Waals surface area contributed by atoms with Gasteiger partial charge in [0, 0.05) is 9.13 Å². The molecule has 0 fully saturated rings. The summed E-state index contributed by atoms with van der Waals surface area (Å²) in [5, 5.41) is 10.3. The lowest BCUT2D eigenvalue weighted by atomic mass is 10.2. The number of ether oxygens (including phenoxy) is 1. The van der Waals surface area contributed by atoms with Crippen molar-refractivity contribution in [1.82, 2.24) is 0 Å². The number of halogens is 2. The van der Waals surface area contributed by atoms with Crippen LogP contribution in [0.4, 0.5) is 0 Å². The zero-order valence-electron chi connectivity index (χ0n) is 16.0. The molecular weight excluding hydrogens is 618 g/mol. The summed E-state index contributed by atoms with van der Waals surface area (Å²) in [6.45, 7) is 0.334. The van der Waals surface area contributed by atoms with E-state index in [1.54, 1.807) is 0 Å². The summed E-state index contributed by atoms with van der Waals surface area (Å²) < 4.78 is 7.88. The second kappa shape index (κ2) is 10.1. The molecule has 4 aromatic carbocycles. The van der Waals surface area contributed by atoms with E-state index < -0.39 is 0 Å². The number of aromatic hydroxyl groups is 1. The number of benzene rings is 4. The highest BCUT2D eigenvalue weighted by molar-refractivity contribution is 14.1. The first-order chi connectivity index (χ1) is 14.6. The van der Waals surface area contributed by atoms with Crippen LogP contribution >= 0.6 is 45.2 Å². The zero-order chi connectivity index (χ0) is 20.9. The highest BCUT2D eigenvalue weighted by atomic mass is 127. The number of hydrogen-bond acceptors (Lipinski definition) is 2. The molecule has 0 atom stereocenters. The molecule has 0 heterocycles. The molecule has 0 aromatic heterocycles. The summed E-state index contributed by atoms with van der Waals surface area (Å²) in [6, 6.07) is 33.4. The van der Waals surface area contributed by atoms with Gasteiger partial charge in [-0.15, -0.1) is 0 Å². The molecule has 0 saturated heterocycles. The minimum atomic E-state index is -0.170. The van der Waals surface area contributed by atoms with Crippen molar-refractivity contribution in [2.45, 2.75) is 21.3 Å². The molecule has 1 N–H and O–H groups in total. The van der Waals surface area contributed by atoms with Gasteiger partial charge in [0.05, 0.1) is 14.5 Å². The van der Waals surface area contributed by atoms with Gasteiger partial charge in [-0.2, -0.15) is 0 Å². The van der Waals surface area contributed by atoms with E-state index in [4.69, 9.17) is 4.74 Å². The largest absolute Gasteiger partial charge is 0.506 e. The standard InChI is InChI=1S/C25H18I2O2S/c26-19-15-18(25(28)24(27)16-19)17-29-20-11-13-23(14-12-20)30(21-7-3-1-4-8-21)22-9-5-2-6-10-22/h1-16H,17H2/p+1. The maximum absolute atomic E-state index is 10.3. The first kappa shape index (κ1) is 21.5. The van der Waals surface area contributed by atoms with E-state index in [0.29, 0.717) is 12.4 Å². The molecule has 4 rings (SSSR count). The summed E-state index contributed by atoms with van der Waals surface area (Å²) in [7, 11) is -0.170. The molecule has 0 bridgehead atoms. The lowest BCUT2D eigenvalue weighted by Gasteiger charge is -2.11. The van der Waals surface area contributed by atoms with Crippen molar-refractivity contribution in [2.24, 2.45) is 0 Å². The van der Waals surface area contributed by atoms with E-state index in [9.17, 15) is 5.11 Å². The smallest absolute Gasteiger partial charge is 0.166 e. The highest BCUT2D eigenvalue weighted by Crippen LogP contribution is 2.32. The Kier molecular flexibility index (Phi) is 7.22. The fraction of sp³-hybridized carbons (Fsp3) is 0.0400. The zero-order valence-corrected chi connectivity index (χ0v) is 21.1. The van der Waals surface area contributed by atoms with Gasteiger partial charge in [-0.05, 0) is 106 Å². The van der Waals surface area contributed by atoms with Crippen molar-refractivity contribution in [1.29, 1.82) is 0 Å². The van der Waals surface area contributed by atoms with Crippen LogP contribution in [-0.2, 0) is 17.5 Å². The van der Waals surface area contributed by atoms with Crippen LogP contribution in [0, 0.1) is 7.14 Å². The van der Waals surface area contributed by atoms with Crippen LogP contribution in [0.3, 0.4) is 0 Å². The second-order valence-corrected chi connectivity index (χ2v) is 11.0. The molecule has 0 aliphatic carbocycles. The van der Waals surface area contributed by atoms with Crippen molar-refractivity contribution in [3.8, 4) is 11.5 Å². The van der Waals surface area contributed by atoms with E-state index in [1.165, 1.54) is 14.7 Å². The third kappa shape index (κ3) is 5.12. The first-order valence-electron chi connectivity index (χ1n) is 9.36. The maximum atomic E-state index is 10.3. The Hall–Kier alpha value is -1.71. The van der Waals surface area contributed by atoms with Gasteiger partial charge in [0.1, 0.15) is 18.1 Å². The molecular formula is C25H19I2O2S+. The predicted octanol–water partition coefficient (Wildman–Crippen LogP) is 7.28. The Balaban J connectivity index is 1.57. The van der Waals surface area contributed by atoms with Crippen molar-refractivity contribution >= 4 is 56.1 Å². The molecule has 2 nitrogen and oxygen atoms in total. The average Bonchev–Trinajstić information content (AvgIpc) is 2.78. The van der Waals surface area contributed by atoms with E-state index in [-0.39, 0.29) is 10.9 Å². The Bertz CT molecular complexity index is 1080. The quantitative estimate of drug-likeness (QED) is 0.178. The molecule has 5 heteroatoms. The average molecular weight is 637 g/mol. The van der Waals surface area contributed by atoms with Crippen molar-refractivity contribution in [2.75, 3.05) is 0 Å². The van der Waals surface area contributed by atoms with E-state index >= 15 is 0 Å². The summed E-state index contributed by atoms with van der Waals surface area (Å²) in [6.07, 6.45) is 0. The van der Waals surface area contributed by atoms with Gasteiger partial charge in [-0.1, -0.05) is 36.4 Å². The molecule has 0 radical (unpaired) electrons. The highest BCUT2D eigenvalue weighted by Gasteiger charge is 2.28. The molecule has 0 unspecified atom stereocenters. The molecule has 4 aromatic rings. The fourth-order valence-corrected chi connectivity index (χ4v) is 7.13. The molecule has 0 spiro atoms. The second-order valence-electron chi connectivity index (χ2n) is 6.59. The number of rotatable bonds is 6. The van der Waals surface area contributed by atoms with Crippen LogP contribution in [0.1, 0.15) is 5.56 Å². The van der Waals surface area contributed by atoms with Gasteiger partial charge in [0.15, 0.2) is 14.7 Å². The Morgan fingerprint density at radius 1 is 0.700 bits per heavy atom. The minimum Gasteiger partial charge on any atom is -0.506 e. The monoisotopic (exact) mass is 637 g/mol. The van der Waals surface area contributed by atoms with Gasteiger partial charge in [-0.25, -0.2) is 0 Å². The lowest BCUT2D eigenvalue weighted by molar-refractivity contribution is 0.298. The van der Waals surface area contributed by atoms with Crippen molar-refractivity contribution < 1.29 is 9.84 Å². The van der Waals surface area contributed by atoms with Crippen molar-refractivity contribution in [3.63, 3.8) is 0 Å². The fourth-order valence-electron chi connectivity index (χ4n) is 3.08. The van der Waals surface area contributed by atoms with Crippen LogP contribution in [0.5, 0.6) is 11.5 Å². The first-order valence-corrected chi connectivity index (χ1v) is 12.7. The normalized spacial score (nSPS) is 10.9. The SMILES string of the molecule is Oc1c(I)cc(I)cc1COc1ccc([S+](c2ccccc2)c2ccccc2)cc1. The number of phenolic OH excluding ortho intramolecular Hbond substituents is 1. The molecule has 30 heavy (non-hydrogen) atoms. The van der Waals surface area contributed by atoms with E-state index in [2.05, 4.69) is 106 Å². The third-order valence-electron chi connectivity index (χ3n) is 4.52. The Morgan fingerprint density at radius 3 is 1.80 bits per heavy atom. The number of hydrogen-bond donors (Lipinski definition) is 1. The minimum absolute atomic E-state index is 0.170. The molecule has 0 amide bonds. The Morgan fingerprint density at radius 2 is 1.23 bits per heavy atom. The van der Waals surface area contributed by atoms with Crippen LogP contribution in [0.15, 0.2) is 112 Å². The van der Waals surface area contributed by atoms with E-state index in [1.807, 2.05) is 36.4 Å². The summed E-state index contributed by atoms with van der Waals surface area (Å²) >= 11 is 4.40. The predicted molar refractivity (Wildman–Crippen MR) is 139 cm³/mol. The Labute approximate surface area is 206 Å². The van der Waals surface area contributed by atoms with Gasteiger partial charge >= 0.3 is 0 Å². The van der Waals surface area contributed by atoms with Gasteiger partial charge in [-0.3, -0.25) is 0 Å². The van der Waals surface area contributed by atoms with Crippen LogP contribution in [0.2, 0.25) is 0 Å². The molecule has 0 aliphatic rings. The van der Waals surface area contributed by atoms with Gasteiger partial charge < -0.3 is 9.84 Å². The van der Waals surface area contributed by atoms with E-state index in [0.717, 1.165) is 18.5 Å². The summed E-state index contributed by atoms with van der Waals surface area (Å²) in [5.41, 5.74) is 0.795. The van der Waals surface area contributed by atoms with Gasteiger partial charge in [0.25, 0.3) is 0 Å². The lowest BCUT2D eigenvalue weighted by Crippen LogP contribution is -2.04. The van der Waals surface area contributed by atoms with Crippen molar-refractivity contribution in [3.05, 3.63) is 110 Å². The topological polar surface area (TPSA) is 29.5 Å². The van der Waals surface area contributed by atoms with Gasteiger partial charge in [0.2, 0.25) is 0 Å². The maximum Gasteiger partial charge on any atom is 0.166 e. The molecule has 0 saturated carbocycles. The molecule has 150 valence electrons. The van der Waals surface area contributed by atoms with Crippen LogP contribution in [0.25, 0.3) is 0 Å². The third-order valence-corrected chi connectivity index (χ3v) is 8.19. The van der Waals surface area contributed by atoms with Crippen LogP contribution in [-0.4, -0.2) is 5.11 Å². The molecule has 0 aliphatic heterocycles.